The van der Waals surface area contributed by atoms with Crippen molar-refractivity contribution in [3.05, 3.63) is 59.2 Å². The standard InChI is InChI=1S/C15H12O3/c1-9-4-3-5-11-8-12(18-14(9)11)13(16)15-10(2)6-7-17-15/h3-8H,1-2H3. The van der Waals surface area contributed by atoms with Gasteiger partial charge in [-0.3, -0.25) is 4.79 Å². The molecule has 0 bridgehead atoms. The molecule has 2 aromatic heterocycles. The lowest BCUT2D eigenvalue weighted by Crippen LogP contribution is -1.99. The number of hydrogen-bond donors (Lipinski definition) is 0. The maximum absolute atomic E-state index is 12.2. The summed E-state index contributed by atoms with van der Waals surface area (Å²) >= 11 is 0. The van der Waals surface area contributed by atoms with E-state index in [2.05, 4.69) is 0 Å². The van der Waals surface area contributed by atoms with Crippen LogP contribution in [0.1, 0.15) is 27.4 Å². The summed E-state index contributed by atoms with van der Waals surface area (Å²) in [6.07, 6.45) is 1.51. The number of aryl methyl sites for hydroxylation is 2. The first kappa shape index (κ1) is 10.8. The van der Waals surface area contributed by atoms with Gasteiger partial charge < -0.3 is 8.83 Å². The van der Waals surface area contributed by atoms with Crippen LogP contribution in [0.5, 0.6) is 0 Å². The van der Waals surface area contributed by atoms with E-state index in [9.17, 15) is 4.79 Å². The molecule has 0 fully saturated rings. The molecule has 0 spiro atoms. The average Bonchev–Trinajstić information content (AvgIpc) is 2.95. The van der Waals surface area contributed by atoms with Crippen LogP contribution in [0.3, 0.4) is 0 Å². The number of para-hydroxylation sites is 1. The number of carbonyl (C=O) groups excluding carboxylic acids is 1. The summed E-state index contributed by atoms with van der Waals surface area (Å²) in [5.41, 5.74) is 2.59. The predicted molar refractivity (Wildman–Crippen MR) is 67.8 cm³/mol. The van der Waals surface area contributed by atoms with Crippen molar-refractivity contribution >= 4 is 16.8 Å². The van der Waals surface area contributed by atoms with Gasteiger partial charge in [-0.15, -0.1) is 0 Å². The molecule has 3 nitrogen and oxygen atoms in total. The molecular formula is C15H12O3. The van der Waals surface area contributed by atoms with Gasteiger partial charge in [0.1, 0.15) is 5.58 Å². The fourth-order valence-corrected chi connectivity index (χ4v) is 2.04. The van der Waals surface area contributed by atoms with E-state index in [0.29, 0.717) is 11.5 Å². The van der Waals surface area contributed by atoms with Crippen molar-refractivity contribution in [2.75, 3.05) is 0 Å². The molecule has 90 valence electrons. The first-order valence-corrected chi connectivity index (χ1v) is 5.75. The quantitative estimate of drug-likeness (QED) is 0.638. The van der Waals surface area contributed by atoms with Crippen molar-refractivity contribution in [2.45, 2.75) is 13.8 Å². The van der Waals surface area contributed by atoms with Gasteiger partial charge in [-0.05, 0) is 37.1 Å². The Morgan fingerprint density at radius 3 is 2.61 bits per heavy atom. The fourth-order valence-electron chi connectivity index (χ4n) is 2.04. The highest BCUT2D eigenvalue weighted by Gasteiger charge is 2.19. The molecule has 3 rings (SSSR count). The Balaban J connectivity index is 2.13. The summed E-state index contributed by atoms with van der Waals surface area (Å²) in [7, 11) is 0. The Labute approximate surface area is 104 Å². The molecule has 0 saturated carbocycles. The van der Waals surface area contributed by atoms with Crippen LogP contribution in [0.25, 0.3) is 11.0 Å². The Bertz CT molecular complexity index is 731. The SMILES string of the molecule is Cc1ccoc1C(=O)c1cc2cccc(C)c2o1. The number of hydrogen-bond acceptors (Lipinski definition) is 3. The minimum Gasteiger partial charge on any atom is -0.460 e. The summed E-state index contributed by atoms with van der Waals surface area (Å²) in [6.45, 7) is 3.79. The second-order valence-electron chi connectivity index (χ2n) is 4.37. The number of fused-ring (bicyclic) bond motifs is 1. The maximum atomic E-state index is 12.2. The van der Waals surface area contributed by atoms with Crippen LogP contribution in [0, 0.1) is 13.8 Å². The first-order chi connectivity index (χ1) is 8.66. The molecule has 0 aliphatic carbocycles. The monoisotopic (exact) mass is 240 g/mol. The number of ketones is 1. The van der Waals surface area contributed by atoms with Crippen molar-refractivity contribution in [1.82, 2.24) is 0 Å². The van der Waals surface area contributed by atoms with E-state index in [1.54, 1.807) is 12.1 Å². The zero-order valence-electron chi connectivity index (χ0n) is 10.2. The summed E-state index contributed by atoms with van der Waals surface area (Å²) in [5, 5.41) is 0.933. The van der Waals surface area contributed by atoms with Crippen molar-refractivity contribution < 1.29 is 13.6 Å². The summed E-state index contributed by atoms with van der Waals surface area (Å²) < 4.78 is 10.8. The lowest BCUT2D eigenvalue weighted by Gasteiger charge is -1.94. The molecule has 0 atom stereocenters. The first-order valence-electron chi connectivity index (χ1n) is 5.75. The average molecular weight is 240 g/mol. The van der Waals surface area contributed by atoms with Gasteiger partial charge in [-0.1, -0.05) is 18.2 Å². The second-order valence-corrected chi connectivity index (χ2v) is 4.37. The molecule has 0 aliphatic heterocycles. The smallest absolute Gasteiger partial charge is 0.263 e. The highest BCUT2D eigenvalue weighted by Crippen LogP contribution is 2.25. The van der Waals surface area contributed by atoms with Crippen molar-refractivity contribution in [3.63, 3.8) is 0 Å². The van der Waals surface area contributed by atoms with E-state index < -0.39 is 0 Å². The van der Waals surface area contributed by atoms with Gasteiger partial charge in [0.2, 0.25) is 0 Å². The Kier molecular flexibility index (Phi) is 2.33. The number of furan rings is 2. The van der Waals surface area contributed by atoms with Gasteiger partial charge >= 0.3 is 0 Å². The van der Waals surface area contributed by atoms with E-state index in [0.717, 1.165) is 22.1 Å². The number of benzene rings is 1. The topological polar surface area (TPSA) is 43.4 Å². The van der Waals surface area contributed by atoms with Gasteiger partial charge in [0.05, 0.1) is 6.26 Å². The normalized spacial score (nSPS) is 11.0. The van der Waals surface area contributed by atoms with Crippen LogP contribution >= 0.6 is 0 Å². The molecule has 1 aromatic carbocycles. The molecule has 0 radical (unpaired) electrons. The summed E-state index contributed by atoms with van der Waals surface area (Å²) in [6, 6.07) is 9.35. The highest BCUT2D eigenvalue weighted by atomic mass is 16.4. The third-order valence-electron chi connectivity index (χ3n) is 3.03. The third kappa shape index (κ3) is 1.56. The molecule has 0 saturated heterocycles. The molecule has 0 aliphatic rings. The lowest BCUT2D eigenvalue weighted by atomic mass is 10.1. The highest BCUT2D eigenvalue weighted by molar-refractivity contribution is 6.08. The van der Waals surface area contributed by atoms with E-state index >= 15 is 0 Å². The Morgan fingerprint density at radius 1 is 1.11 bits per heavy atom. The molecule has 3 heteroatoms. The second kappa shape index (κ2) is 3.88. The number of carbonyl (C=O) groups is 1. The van der Waals surface area contributed by atoms with E-state index in [-0.39, 0.29) is 5.78 Å². The van der Waals surface area contributed by atoms with Gasteiger partial charge in [0.25, 0.3) is 5.78 Å². The van der Waals surface area contributed by atoms with E-state index in [4.69, 9.17) is 8.83 Å². The lowest BCUT2D eigenvalue weighted by molar-refractivity contribution is 0.0984. The number of rotatable bonds is 2. The molecule has 18 heavy (non-hydrogen) atoms. The van der Waals surface area contributed by atoms with E-state index in [1.807, 2.05) is 32.0 Å². The van der Waals surface area contributed by atoms with Gasteiger partial charge in [-0.25, -0.2) is 0 Å². The zero-order valence-corrected chi connectivity index (χ0v) is 10.2. The minimum atomic E-state index is -0.215. The van der Waals surface area contributed by atoms with Crippen LogP contribution in [-0.2, 0) is 0 Å². The van der Waals surface area contributed by atoms with Gasteiger partial charge in [-0.2, -0.15) is 0 Å². The molecule has 0 amide bonds. The van der Waals surface area contributed by atoms with Crippen molar-refractivity contribution in [2.24, 2.45) is 0 Å². The summed E-state index contributed by atoms with van der Waals surface area (Å²) in [4.78, 5) is 12.2. The minimum absolute atomic E-state index is 0.215. The van der Waals surface area contributed by atoms with Crippen molar-refractivity contribution in [3.8, 4) is 0 Å². The largest absolute Gasteiger partial charge is 0.460 e. The van der Waals surface area contributed by atoms with Crippen molar-refractivity contribution in [1.29, 1.82) is 0 Å². The van der Waals surface area contributed by atoms with Crippen LogP contribution in [0.15, 0.2) is 45.4 Å². The maximum Gasteiger partial charge on any atom is 0.263 e. The summed E-state index contributed by atoms with van der Waals surface area (Å²) in [5.74, 6) is 0.442. The predicted octanol–water partition coefficient (Wildman–Crippen LogP) is 3.87. The van der Waals surface area contributed by atoms with Gasteiger partial charge in [0.15, 0.2) is 11.5 Å². The zero-order chi connectivity index (χ0) is 12.7. The van der Waals surface area contributed by atoms with Crippen LogP contribution in [0.2, 0.25) is 0 Å². The van der Waals surface area contributed by atoms with E-state index in [1.165, 1.54) is 6.26 Å². The molecular weight excluding hydrogens is 228 g/mol. The molecule has 2 heterocycles. The van der Waals surface area contributed by atoms with Crippen LogP contribution < -0.4 is 0 Å². The van der Waals surface area contributed by atoms with Crippen LogP contribution in [-0.4, -0.2) is 5.78 Å². The molecule has 0 N–H and O–H groups in total. The Morgan fingerprint density at radius 2 is 1.94 bits per heavy atom. The third-order valence-corrected chi connectivity index (χ3v) is 3.03. The molecule has 0 unspecified atom stereocenters. The Hall–Kier alpha value is -2.29. The molecule has 3 aromatic rings. The fraction of sp³-hybridized carbons (Fsp3) is 0.133. The van der Waals surface area contributed by atoms with Crippen LogP contribution in [0.4, 0.5) is 0 Å². The van der Waals surface area contributed by atoms with Gasteiger partial charge in [0, 0.05) is 5.39 Å².